The van der Waals surface area contributed by atoms with Crippen LogP contribution in [0.25, 0.3) is 0 Å². The van der Waals surface area contributed by atoms with E-state index in [1.54, 1.807) is 0 Å². The average Bonchev–Trinajstić information content (AvgIpc) is 2.82. The molecule has 0 aliphatic rings. The van der Waals surface area contributed by atoms with Crippen molar-refractivity contribution in [3.8, 4) is 0 Å². The second-order valence-corrected chi connectivity index (χ2v) is 4.95. The molecule has 0 aromatic carbocycles. The molecule has 1 atom stereocenters. The molecule has 0 aliphatic carbocycles. The molecule has 0 bridgehead atoms. The fourth-order valence-electron chi connectivity index (χ4n) is 2.78. The first-order chi connectivity index (χ1) is 9.73. The number of ether oxygens (including phenoxy) is 1. The number of nitrogens with zero attached hydrogens (tertiary/aromatic N) is 2. The number of nitrogens with one attached hydrogen (secondary N) is 1. The maximum atomic E-state index is 5.48. The third-order valence-electron chi connectivity index (χ3n) is 3.70. The second kappa shape index (κ2) is 9.14. The first kappa shape index (κ1) is 17.2. The van der Waals surface area contributed by atoms with Crippen LogP contribution in [-0.4, -0.2) is 29.5 Å². The topological polar surface area (TPSA) is 39.1 Å². The minimum absolute atomic E-state index is 0.422. The van der Waals surface area contributed by atoms with Gasteiger partial charge < -0.3 is 10.1 Å². The van der Waals surface area contributed by atoms with Crippen molar-refractivity contribution in [3.63, 3.8) is 0 Å². The minimum Gasteiger partial charge on any atom is -0.380 e. The maximum Gasteiger partial charge on any atom is 0.0672 e. The van der Waals surface area contributed by atoms with E-state index in [4.69, 9.17) is 9.84 Å². The van der Waals surface area contributed by atoms with Crippen molar-refractivity contribution in [3.05, 3.63) is 17.0 Å². The number of rotatable bonds is 10. The Morgan fingerprint density at radius 1 is 1.15 bits per heavy atom. The molecule has 1 aromatic heterocycles. The van der Waals surface area contributed by atoms with E-state index in [0.29, 0.717) is 6.04 Å². The van der Waals surface area contributed by atoms with E-state index in [2.05, 4.69) is 37.7 Å². The lowest BCUT2D eigenvalue weighted by atomic mass is 9.99. The Kier molecular flexibility index (Phi) is 7.85. The maximum absolute atomic E-state index is 5.48. The van der Waals surface area contributed by atoms with Gasteiger partial charge >= 0.3 is 0 Å². The molecule has 0 radical (unpaired) electrons. The van der Waals surface area contributed by atoms with Crippen molar-refractivity contribution in [1.29, 1.82) is 0 Å². The van der Waals surface area contributed by atoms with Gasteiger partial charge in [0, 0.05) is 23.9 Å². The smallest absolute Gasteiger partial charge is 0.0672 e. The molecule has 4 nitrogen and oxygen atoms in total. The van der Waals surface area contributed by atoms with Crippen molar-refractivity contribution in [2.24, 2.45) is 0 Å². The van der Waals surface area contributed by atoms with E-state index in [-0.39, 0.29) is 0 Å². The SMILES string of the molecule is CCNC(CC)c1c(CC)nn(CCOCC)c1CC. The summed E-state index contributed by atoms with van der Waals surface area (Å²) in [6.07, 6.45) is 3.12. The fraction of sp³-hybridized carbons (Fsp3) is 0.812. The Bertz CT molecular complexity index is 387. The Hall–Kier alpha value is -0.870. The highest BCUT2D eigenvalue weighted by Crippen LogP contribution is 2.26. The first-order valence-corrected chi connectivity index (χ1v) is 8.12. The van der Waals surface area contributed by atoms with E-state index in [1.165, 1.54) is 17.0 Å². The van der Waals surface area contributed by atoms with Crippen LogP contribution in [-0.2, 0) is 24.1 Å². The van der Waals surface area contributed by atoms with Crippen LogP contribution >= 0.6 is 0 Å². The molecule has 20 heavy (non-hydrogen) atoms. The molecule has 0 spiro atoms. The Morgan fingerprint density at radius 3 is 2.40 bits per heavy atom. The van der Waals surface area contributed by atoms with Gasteiger partial charge in [0.15, 0.2) is 0 Å². The molecule has 116 valence electrons. The molecule has 1 heterocycles. The number of hydrogen-bond acceptors (Lipinski definition) is 3. The van der Waals surface area contributed by atoms with Crippen molar-refractivity contribution < 1.29 is 4.74 Å². The van der Waals surface area contributed by atoms with Gasteiger partial charge in [-0.25, -0.2) is 0 Å². The Labute approximate surface area is 123 Å². The van der Waals surface area contributed by atoms with Gasteiger partial charge in [-0.3, -0.25) is 4.68 Å². The van der Waals surface area contributed by atoms with Crippen LogP contribution in [0, 0.1) is 0 Å². The van der Waals surface area contributed by atoms with Gasteiger partial charge in [0.05, 0.1) is 18.8 Å². The van der Waals surface area contributed by atoms with Gasteiger partial charge in [0.1, 0.15) is 0 Å². The second-order valence-electron chi connectivity index (χ2n) is 4.95. The lowest BCUT2D eigenvalue weighted by molar-refractivity contribution is 0.135. The molecular weight excluding hydrogens is 250 g/mol. The summed E-state index contributed by atoms with van der Waals surface area (Å²) in [5, 5.41) is 8.41. The van der Waals surface area contributed by atoms with Gasteiger partial charge in [-0.05, 0) is 32.7 Å². The summed E-state index contributed by atoms with van der Waals surface area (Å²) >= 11 is 0. The van der Waals surface area contributed by atoms with Crippen LogP contribution in [0.2, 0.25) is 0 Å². The molecule has 0 aliphatic heterocycles. The molecular formula is C16H31N3O. The normalized spacial score (nSPS) is 12.8. The molecule has 1 aromatic rings. The van der Waals surface area contributed by atoms with Gasteiger partial charge in [0.2, 0.25) is 0 Å². The summed E-state index contributed by atoms with van der Waals surface area (Å²) in [4.78, 5) is 0. The zero-order valence-electron chi connectivity index (χ0n) is 13.8. The largest absolute Gasteiger partial charge is 0.380 e. The number of hydrogen-bond donors (Lipinski definition) is 1. The fourth-order valence-corrected chi connectivity index (χ4v) is 2.78. The lowest BCUT2D eigenvalue weighted by Gasteiger charge is -2.18. The van der Waals surface area contributed by atoms with Gasteiger partial charge in [-0.1, -0.05) is 27.7 Å². The lowest BCUT2D eigenvalue weighted by Crippen LogP contribution is -2.22. The predicted molar refractivity (Wildman–Crippen MR) is 84.2 cm³/mol. The van der Waals surface area contributed by atoms with Crippen molar-refractivity contribution >= 4 is 0 Å². The third-order valence-corrected chi connectivity index (χ3v) is 3.70. The summed E-state index contributed by atoms with van der Waals surface area (Å²) in [7, 11) is 0. The molecule has 0 amide bonds. The molecule has 0 fully saturated rings. The van der Waals surface area contributed by atoms with Crippen molar-refractivity contribution in [1.82, 2.24) is 15.1 Å². The Morgan fingerprint density at radius 2 is 1.90 bits per heavy atom. The summed E-state index contributed by atoms with van der Waals surface area (Å²) in [5.74, 6) is 0. The summed E-state index contributed by atoms with van der Waals surface area (Å²) < 4.78 is 7.63. The average molecular weight is 281 g/mol. The van der Waals surface area contributed by atoms with Crippen LogP contribution in [0.1, 0.15) is 64.0 Å². The number of aromatic nitrogens is 2. The van der Waals surface area contributed by atoms with E-state index < -0.39 is 0 Å². The molecule has 1 unspecified atom stereocenters. The monoisotopic (exact) mass is 281 g/mol. The predicted octanol–water partition coefficient (Wildman–Crippen LogP) is 3.11. The molecule has 1 rings (SSSR count). The standard InChI is InChI=1S/C16H31N3O/c1-6-13(17-9-4)16-14(7-2)18-19(15(16)8-3)11-12-20-10-5/h13,17H,6-12H2,1-5H3. The first-order valence-electron chi connectivity index (χ1n) is 8.12. The van der Waals surface area contributed by atoms with Gasteiger partial charge in [-0.15, -0.1) is 0 Å². The van der Waals surface area contributed by atoms with E-state index >= 15 is 0 Å². The van der Waals surface area contributed by atoms with Gasteiger partial charge in [0.25, 0.3) is 0 Å². The van der Waals surface area contributed by atoms with Gasteiger partial charge in [-0.2, -0.15) is 5.10 Å². The highest BCUT2D eigenvalue weighted by molar-refractivity contribution is 5.30. The molecule has 0 saturated carbocycles. The van der Waals surface area contributed by atoms with Crippen LogP contribution in [0.4, 0.5) is 0 Å². The van der Waals surface area contributed by atoms with Crippen molar-refractivity contribution in [2.75, 3.05) is 19.8 Å². The summed E-state index contributed by atoms with van der Waals surface area (Å²) in [5.41, 5.74) is 4.04. The molecule has 0 saturated heterocycles. The summed E-state index contributed by atoms with van der Waals surface area (Å²) in [6.45, 7) is 14.2. The number of aryl methyl sites for hydroxylation is 1. The van der Waals surface area contributed by atoms with Crippen LogP contribution < -0.4 is 5.32 Å². The summed E-state index contributed by atoms with van der Waals surface area (Å²) in [6, 6.07) is 0.422. The van der Waals surface area contributed by atoms with Crippen molar-refractivity contribution in [2.45, 2.75) is 66.5 Å². The zero-order valence-corrected chi connectivity index (χ0v) is 13.8. The zero-order chi connectivity index (χ0) is 15.0. The highest BCUT2D eigenvalue weighted by Gasteiger charge is 2.21. The minimum atomic E-state index is 0.422. The quantitative estimate of drug-likeness (QED) is 0.670. The molecule has 4 heteroatoms. The Balaban J connectivity index is 3.06. The highest BCUT2D eigenvalue weighted by atomic mass is 16.5. The van der Waals surface area contributed by atoms with Crippen LogP contribution in [0.5, 0.6) is 0 Å². The van der Waals surface area contributed by atoms with E-state index in [0.717, 1.165) is 45.6 Å². The van der Waals surface area contributed by atoms with E-state index in [9.17, 15) is 0 Å². The molecule has 1 N–H and O–H groups in total. The van der Waals surface area contributed by atoms with Crippen LogP contribution in [0.15, 0.2) is 0 Å². The van der Waals surface area contributed by atoms with Crippen LogP contribution in [0.3, 0.4) is 0 Å². The third kappa shape index (κ3) is 4.06. The van der Waals surface area contributed by atoms with E-state index in [1.807, 2.05) is 6.92 Å².